The topological polar surface area (TPSA) is 82.4 Å². The number of aryl methyl sites for hydroxylation is 1. The largest absolute Gasteiger partial charge is 0.455 e. The van der Waals surface area contributed by atoms with Gasteiger partial charge in [-0.3, -0.25) is 0 Å². The molecule has 182 valence electrons. The van der Waals surface area contributed by atoms with Crippen molar-refractivity contribution in [1.29, 1.82) is 0 Å². The number of carbonyl (C=O) groups excluding carboxylic acids is 1. The molecule has 0 bridgehead atoms. The summed E-state index contributed by atoms with van der Waals surface area (Å²) in [5.41, 5.74) is 1.61. The number of benzene rings is 1. The van der Waals surface area contributed by atoms with Crippen LogP contribution in [0.2, 0.25) is 0 Å². The Hall–Kier alpha value is -3.43. The molecule has 2 heterocycles. The Bertz CT molecular complexity index is 1170. The minimum atomic E-state index is -4.68. The molecule has 4 rings (SSSR count). The highest BCUT2D eigenvalue weighted by Gasteiger charge is 2.39. The summed E-state index contributed by atoms with van der Waals surface area (Å²) in [6, 6.07) is 10.6. The smallest absolute Gasteiger partial charge is 0.451 e. The third-order valence-corrected chi connectivity index (χ3v) is 5.95. The van der Waals surface area contributed by atoms with E-state index >= 15 is 0 Å². The average molecular weight is 476 g/mol. The van der Waals surface area contributed by atoms with Crippen LogP contribution in [0, 0.1) is 6.92 Å². The van der Waals surface area contributed by atoms with Crippen LogP contribution in [-0.4, -0.2) is 37.2 Å². The second-order valence-corrected chi connectivity index (χ2v) is 8.83. The van der Waals surface area contributed by atoms with E-state index in [4.69, 9.17) is 9.40 Å². The number of furan rings is 1. The predicted molar refractivity (Wildman–Crippen MR) is 126 cm³/mol. The van der Waals surface area contributed by atoms with E-state index in [0.29, 0.717) is 12.8 Å². The number of hydrogen-bond acceptors (Lipinski definition) is 5. The maximum Gasteiger partial charge on any atom is 0.451 e. The lowest BCUT2D eigenvalue weighted by molar-refractivity contribution is -0.152. The molecule has 1 aliphatic carbocycles. The molecule has 3 aromatic rings. The van der Waals surface area contributed by atoms with Crippen LogP contribution in [0.1, 0.15) is 37.2 Å². The van der Waals surface area contributed by atoms with Crippen LogP contribution < -0.4 is 20.9 Å². The van der Waals surface area contributed by atoms with Crippen LogP contribution in [0.4, 0.5) is 35.2 Å². The van der Waals surface area contributed by atoms with Gasteiger partial charge in [0.25, 0.3) is 0 Å². The number of urea groups is 1. The first kappa shape index (κ1) is 23.7. The van der Waals surface area contributed by atoms with E-state index in [0.717, 1.165) is 35.2 Å². The van der Waals surface area contributed by atoms with Gasteiger partial charge in [0.2, 0.25) is 5.76 Å². The van der Waals surface area contributed by atoms with E-state index in [2.05, 4.69) is 20.9 Å². The summed E-state index contributed by atoms with van der Waals surface area (Å²) >= 11 is 0. The number of fused-ring (bicyclic) bond motifs is 1. The standard InChI is InChI=1S/C24H28F3N5O2/c1-14-12-19(22(34-14)24(25,26)27)31-23(33)29-16-10-8-15(9-11-16)28-21-13-20(32(2)3)17-6-4-5-7-18(17)30-21/h4-7,12-13,15-16H,8-11H2,1-3H3,(H,28,30)(H2,29,31,33)/t15-,16+. The number of carbonyl (C=O) groups is 1. The number of aromatic nitrogens is 1. The summed E-state index contributed by atoms with van der Waals surface area (Å²) in [7, 11) is 3.99. The molecule has 2 amide bonds. The van der Waals surface area contributed by atoms with E-state index in [1.54, 1.807) is 0 Å². The molecule has 10 heteroatoms. The lowest BCUT2D eigenvalue weighted by Gasteiger charge is -2.30. The molecule has 0 atom stereocenters. The Morgan fingerprint density at radius 1 is 1.09 bits per heavy atom. The number of nitrogens with zero attached hydrogens (tertiary/aromatic N) is 2. The lowest BCUT2D eigenvalue weighted by Crippen LogP contribution is -2.42. The summed E-state index contributed by atoms with van der Waals surface area (Å²) in [6.45, 7) is 1.40. The van der Waals surface area contributed by atoms with Crippen molar-refractivity contribution < 1.29 is 22.4 Å². The molecule has 34 heavy (non-hydrogen) atoms. The van der Waals surface area contributed by atoms with Crippen molar-refractivity contribution in [1.82, 2.24) is 10.3 Å². The zero-order valence-electron chi connectivity index (χ0n) is 19.3. The molecule has 3 N–H and O–H groups in total. The Morgan fingerprint density at radius 3 is 2.44 bits per heavy atom. The van der Waals surface area contributed by atoms with Crippen LogP contribution in [0.15, 0.2) is 40.8 Å². The van der Waals surface area contributed by atoms with Crippen LogP contribution in [0.25, 0.3) is 10.9 Å². The fourth-order valence-electron chi connectivity index (χ4n) is 4.35. The quantitative estimate of drug-likeness (QED) is 0.437. The molecular weight excluding hydrogens is 447 g/mol. The van der Waals surface area contributed by atoms with Crippen molar-refractivity contribution in [2.75, 3.05) is 29.6 Å². The number of nitrogens with one attached hydrogen (secondary N) is 3. The highest BCUT2D eigenvalue weighted by molar-refractivity contribution is 5.93. The normalized spacial score (nSPS) is 18.5. The number of alkyl halides is 3. The first-order valence-electron chi connectivity index (χ1n) is 11.2. The number of amides is 2. The van der Waals surface area contributed by atoms with Gasteiger partial charge < -0.3 is 25.3 Å². The summed E-state index contributed by atoms with van der Waals surface area (Å²) in [5, 5.41) is 9.64. The maximum atomic E-state index is 13.1. The first-order valence-corrected chi connectivity index (χ1v) is 11.2. The van der Waals surface area contributed by atoms with Gasteiger partial charge >= 0.3 is 12.2 Å². The van der Waals surface area contributed by atoms with Gasteiger partial charge in [0.1, 0.15) is 11.6 Å². The zero-order valence-corrected chi connectivity index (χ0v) is 19.3. The van der Waals surface area contributed by atoms with Crippen LogP contribution >= 0.6 is 0 Å². The number of hydrogen-bond donors (Lipinski definition) is 3. The highest BCUT2D eigenvalue weighted by Crippen LogP contribution is 2.37. The summed E-state index contributed by atoms with van der Waals surface area (Å²) in [4.78, 5) is 19.1. The van der Waals surface area contributed by atoms with Gasteiger partial charge in [-0.15, -0.1) is 0 Å². The van der Waals surface area contributed by atoms with Gasteiger partial charge in [-0.1, -0.05) is 18.2 Å². The van der Waals surface area contributed by atoms with E-state index in [-0.39, 0.29) is 23.5 Å². The maximum absolute atomic E-state index is 13.1. The number of para-hydroxylation sites is 1. The molecule has 1 saturated carbocycles. The minimum Gasteiger partial charge on any atom is -0.455 e. The van der Waals surface area contributed by atoms with Crippen molar-refractivity contribution in [2.24, 2.45) is 0 Å². The second kappa shape index (κ2) is 9.44. The van der Waals surface area contributed by atoms with Gasteiger partial charge in [0.05, 0.1) is 11.2 Å². The first-order chi connectivity index (χ1) is 16.1. The molecule has 0 unspecified atom stereocenters. The summed E-state index contributed by atoms with van der Waals surface area (Å²) < 4.78 is 43.9. The predicted octanol–water partition coefficient (Wildman–Crippen LogP) is 5.77. The molecule has 0 radical (unpaired) electrons. The number of rotatable bonds is 5. The van der Waals surface area contributed by atoms with Crippen LogP contribution in [-0.2, 0) is 6.18 Å². The molecule has 0 saturated heterocycles. The van der Waals surface area contributed by atoms with Crippen molar-refractivity contribution in [3.63, 3.8) is 0 Å². The van der Waals surface area contributed by atoms with Crippen molar-refractivity contribution >= 4 is 34.1 Å². The molecule has 2 aromatic heterocycles. The SMILES string of the molecule is Cc1cc(NC(=O)N[C@H]2CC[C@@H](Nc3cc(N(C)C)c4ccccc4n3)CC2)c(C(F)(F)F)o1. The molecule has 0 aliphatic heterocycles. The van der Waals surface area contributed by atoms with Gasteiger partial charge in [-0.05, 0) is 38.7 Å². The molecule has 7 nitrogen and oxygen atoms in total. The number of pyridine rings is 1. The van der Waals surface area contributed by atoms with Crippen molar-refractivity contribution in [3.05, 3.63) is 47.9 Å². The summed E-state index contributed by atoms with van der Waals surface area (Å²) in [5.74, 6) is -0.325. The highest BCUT2D eigenvalue weighted by atomic mass is 19.4. The van der Waals surface area contributed by atoms with Gasteiger partial charge in [-0.2, -0.15) is 13.2 Å². The minimum absolute atomic E-state index is 0.0777. The molecule has 1 fully saturated rings. The van der Waals surface area contributed by atoms with E-state index in [1.165, 1.54) is 13.0 Å². The Balaban J connectivity index is 1.33. The average Bonchev–Trinajstić information content (AvgIpc) is 3.15. The summed E-state index contributed by atoms with van der Waals surface area (Å²) in [6.07, 6.45) is -1.67. The monoisotopic (exact) mass is 475 g/mol. The van der Waals surface area contributed by atoms with Crippen LogP contribution in [0.3, 0.4) is 0 Å². The van der Waals surface area contributed by atoms with Crippen molar-refractivity contribution in [2.45, 2.75) is 50.9 Å². The van der Waals surface area contributed by atoms with E-state index in [9.17, 15) is 18.0 Å². The van der Waals surface area contributed by atoms with Crippen molar-refractivity contribution in [3.8, 4) is 0 Å². The third-order valence-electron chi connectivity index (χ3n) is 5.95. The van der Waals surface area contributed by atoms with Gasteiger partial charge in [-0.25, -0.2) is 9.78 Å². The lowest BCUT2D eigenvalue weighted by atomic mass is 9.91. The van der Waals surface area contributed by atoms with Crippen LogP contribution in [0.5, 0.6) is 0 Å². The molecule has 0 spiro atoms. The number of anilines is 3. The number of halogens is 3. The molecular formula is C24H28F3N5O2. The molecule has 1 aromatic carbocycles. The van der Waals surface area contributed by atoms with E-state index in [1.807, 2.05) is 44.4 Å². The van der Waals surface area contributed by atoms with Gasteiger partial charge in [0.15, 0.2) is 0 Å². The zero-order chi connectivity index (χ0) is 24.5. The Labute approximate surface area is 195 Å². The molecule has 1 aliphatic rings. The fourth-order valence-corrected chi connectivity index (χ4v) is 4.35. The van der Waals surface area contributed by atoms with Gasteiger partial charge in [0, 0.05) is 49.4 Å². The Morgan fingerprint density at radius 2 is 1.76 bits per heavy atom. The fraction of sp³-hybridized carbons (Fsp3) is 0.417. The Kier molecular flexibility index (Phi) is 6.58. The third kappa shape index (κ3) is 5.37. The van der Waals surface area contributed by atoms with E-state index < -0.39 is 18.0 Å². The second-order valence-electron chi connectivity index (χ2n) is 8.83.